The van der Waals surface area contributed by atoms with Gasteiger partial charge in [-0.3, -0.25) is 0 Å². The molecule has 5 atom stereocenters. The van der Waals surface area contributed by atoms with Crippen LogP contribution in [0.25, 0.3) is 0 Å². The third kappa shape index (κ3) is 2.77. The Hall–Kier alpha value is -1.78. The summed E-state index contributed by atoms with van der Waals surface area (Å²) in [4.78, 5) is 16.3. The minimum absolute atomic E-state index is 0.0483. The summed E-state index contributed by atoms with van der Waals surface area (Å²) >= 11 is 0. The molecule has 0 spiro atoms. The predicted octanol–water partition coefficient (Wildman–Crippen LogP) is 2.71. The van der Waals surface area contributed by atoms with Crippen molar-refractivity contribution >= 4 is 6.03 Å². The van der Waals surface area contributed by atoms with Gasteiger partial charge in [0.05, 0.1) is 7.11 Å². The summed E-state index contributed by atoms with van der Waals surface area (Å²) in [6.07, 6.45) is 8.41. The zero-order valence-electron chi connectivity index (χ0n) is 13.6. The van der Waals surface area contributed by atoms with Crippen molar-refractivity contribution in [2.75, 3.05) is 7.11 Å². The van der Waals surface area contributed by atoms with Crippen LogP contribution in [0.2, 0.25) is 0 Å². The van der Waals surface area contributed by atoms with Crippen molar-refractivity contribution in [3.8, 4) is 5.88 Å². The van der Waals surface area contributed by atoms with Crippen LogP contribution in [-0.2, 0) is 6.54 Å². The van der Waals surface area contributed by atoms with Gasteiger partial charge in [-0.1, -0.05) is 6.42 Å². The van der Waals surface area contributed by atoms with E-state index in [2.05, 4.69) is 15.6 Å². The van der Waals surface area contributed by atoms with Gasteiger partial charge >= 0.3 is 6.03 Å². The van der Waals surface area contributed by atoms with Crippen molar-refractivity contribution < 1.29 is 9.53 Å². The van der Waals surface area contributed by atoms with Crippen LogP contribution in [0.4, 0.5) is 4.79 Å². The second kappa shape index (κ2) is 6.02. The summed E-state index contributed by atoms with van der Waals surface area (Å²) in [5, 5.41) is 6.19. The van der Waals surface area contributed by atoms with E-state index in [0.29, 0.717) is 18.5 Å². The topological polar surface area (TPSA) is 63.2 Å². The molecule has 0 saturated heterocycles. The first kappa shape index (κ1) is 14.8. The molecule has 0 aromatic carbocycles. The van der Waals surface area contributed by atoms with Gasteiger partial charge in [0.15, 0.2) is 0 Å². The van der Waals surface area contributed by atoms with Gasteiger partial charge in [-0.05, 0) is 61.0 Å². The van der Waals surface area contributed by atoms with E-state index in [1.165, 1.54) is 32.1 Å². The highest BCUT2D eigenvalue weighted by Crippen LogP contribution is 2.58. The van der Waals surface area contributed by atoms with Gasteiger partial charge < -0.3 is 15.4 Å². The van der Waals surface area contributed by atoms with Crippen molar-refractivity contribution in [2.45, 2.75) is 44.7 Å². The summed E-state index contributed by atoms with van der Waals surface area (Å²) in [5.74, 6) is 4.00. The molecule has 5 heteroatoms. The van der Waals surface area contributed by atoms with E-state index in [4.69, 9.17) is 4.74 Å². The second-order valence-corrected chi connectivity index (χ2v) is 7.29. The average Bonchev–Trinajstić information content (AvgIpc) is 3.26. The zero-order valence-corrected chi connectivity index (χ0v) is 13.6. The van der Waals surface area contributed by atoms with Crippen molar-refractivity contribution in [1.82, 2.24) is 15.6 Å². The fourth-order valence-electron chi connectivity index (χ4n) is 5.31. The SMILES string of the molecule is COc1cc(CNC(=O)N[C@@H]2C[C@H]3C[C@H]2[C@@H]2CCC[C@@H]32)ccn1. The highest BCUT2D eigenvalue weighted by atomic mass is 16.5. The van der Waals surface area contributed by atoms with Crippen LogP contribution in [0.1, 0.15) is 37.7 Å². The lowest BCUT2D eigenvalue weighted by Crippen LogP contribution is -2.46. The largest absolute Gasteiger partial charge is 0.481 e. The van der Waals surface area contributed by atoms with Crippen LogP contribution in [0, 0.1) is 23.7 Å². The molecule has 3 aliphatic carbocycles. The van der Waals surface area contributed by atoms with E-state index < -0.39 is 0 Å². The number of carbonyl (C=O) groups excluding carboxylic acids is 1. The standard InChI is InChI=1S/C18H25N3O2/c1-23-17-7-11(5-6-19-17)10-20-18(22)21-16-9-12-8-15(16)14-4-2-3-13(12)14/h5-7,12-16H,2-4,8-10H2,1H3,(H2,20,21,22)/t12-,13+,14-,15+,16-/m1/s1. The number of pyridine rings is 1. The van der Waals surface area contributed by atoms with Gasteiger partial charge in [-0.2, -0.15) is 0 Å². The summed E-state index contributed by atoms with van der Waals surface area (Å²) in [5.41, 5.74) is 0.996. The molecule has 124 valence electrons. The minimum Gasteiger partial charge on any atom is -0.481 e. The van der Waals surface area contributed by atoms with Gasteiger partial charge in [-0.15, -0.1) is 0 Å². The Labute approximate surface area is 137 Å². The molecule has 1 aromatic heterocycles. The third-order valence-corrected chi connectivity index (χ3v) is 6.21. The Kier molecular flexibility index (Phi) is 3.87. The van der Waals surface area contributed by atoms with Crippen LogP contribution >= 0.6 is 0 Å². The Bertz CT molecular complexity index is 591. The van der Waals surface area contributed by atoms with E-state index in [1.54, 1.807) is 13.3 Å². The van der Waals surface area contributed by atoms with Crippen molar-refractivity contribution in [3.63, 3.8) is 0 Å². The predicted molar refractivity (Wildman–Crippen MR) is 87.0 cm³/mol. The molecule has 0 unspecified atom stereocenters. The molecule has 3 saturated carbocycles. The number of rotatable bonds is 4. The maximum Gasteiger partial charge on any atom is 0.315 e. The number of carbonyl (C=O) groups is 1. The number of methoxy groups -OCH3 is 1. The number of hydrogen-bond donors (Lipinski definition) is 2. The third-order valence-electron chi connectivity index (χ3n) is 6.21. The zero-order chi connectivity index (χ0) is 15.8. The van der Waals surface area contributed by atoms with Gasteiger partial charge in [0.2, 0.25) is 5.88 Å². The fourth-order valence-corrected chi connectivity index (χ4v) is 5.31. The Morgan fingerprint density at radius 1 is 1.30 bits per heavy atom. The van der Waals surface area contributed by atoms with E-state index in [1.807, 2.05) is 12.1 Å². The van der Waals surface area contributed by atoms with Crippen molar-refractivity contribution in [3.05, 3.63) is 23.9 Å². The lowest BCUT2D eigenvalue weighted by atomic mass is 9.79. The molecular formula is C18H25N3O2. The van der Waals surface area contributed by atoms with E-state index in [-0.39, 0.29) is 6.03 Å². The number of ether oxygens (including phenoxy) is 1. The summed E-state index contributed by atoms with van der Waals surface area (Å²) < 4.78 is 5.10. The molecule has 2 bridgehead atoms. The van der Waals surface area contributed by atoms with Crippen molar-refractivity contribution in [1.29, 1.82) is 0 Å². The number of nitrogens with one attached hydrogen (secondary N) is 2. The lowest BCUT2D eigenvalue weighted by molar-refractivity contribution is 0.197. The first-order valence-corrected chi connectivity index (χ1v) is 8.78. The van der Waals surface area contributed by atoms with Gasteiger partial charge in [0, 0.05) is 24.8 Å². The quantitative estimate of drug-likeness (QED) is 0.898. The minimum atomic E-state index is -0.0483. The van der Waals surface area contributed by atoms with E-state index >= 15 is 0 Å². The number of aromatic nitrogens is 1. The molecular weight excluding hydrogens is 290 g/mol. The second-order valence-electron chi connectivity index (χ2n) is 7.29. The molecule has 23 heavy (non-hydrogen) atoms. The molecule has 0 aliphatic heterocycles. The van der Waals surface area contributed by atoms with Gasteiger partial charge in [0.25, 0.3) is 0 Å². The summed E-state index contributed by atoms with van der Waals surface area (Å²) in [6, 6.07) is 4.07. The van der Waals surface area contributed by atoms with Crippen molar-refractivity contribution in [2.24, 2.45) is 23.7 Å². The number of hydrogen-bond acceptors (Lipinski definition) is 3. The number of nitrogens with zero attached hydrogens (tertiary/aromatic N) is 1. The number of amides is 2. The number of fused-ring (bicyclic) bond motifs is 5. The Morgan fingerprint density at radius 2 is 2.17 bits per heavy atom. The van der Waals surface area contributed by atoms with Crippen LogP contribution < -0.4 is 15.4 Å². The van der Waals surface area contributed by atoms with Crippen LogP contribution in [0.15, 0.2) is 18.3 Å². The Balaban J connectivity index is 1.29. The van der Waals surface area contributed by atoms with E-state index in [0.717, 1.165) is 29.2 Å². The Morgan fingerprint density at radius 3 is 3.04 bits per heavy atom. The maximum atomic E-state index is 12.2. The first-order chi connectivity index (χ1) is 11.2. The van der Waals surface area contributed by atoms with Gasteiger partial charge in [-0.25, -0.2) is 9.78 Å². The maximum absolute atomic E-state index is 12.2. The highest BCUT2D eigenvalue weighted by Gasteiger charge is 2.53. The smallest absolute Gasteiger partial charge is 0.315 e. The molecule has 1 heterocycles. The average molecular weight is 315 g/mol. The molecule has 1 aromatic rings. The summed E-state index contributed by atoms with van der Waals surface area (Å²) in [6.45, 7) is 0.498. The fraction of sp³-hybridized carbons (Fsp3) is 0.667. The monoisotopic (exact) mass is 315 g/mol. The molecule has 5 nitrogen and oxygen atoms in total. The lowest BCUT2D eigenvalue weighted by Gasteiger charge is -2.32. The molecule has 2 N–H and O–H groups in total. The van der Waals surface area contributed by atoms with Crippen LogP contribution in [-0.4, -0.2) is 24.2 Å². The molecule has 3 aliphatic rings. The molecule has 2 amide bonds. The molecule has 0 radical (unpaired) electrons. The normalized spacial score (nSPS) is 34.2. The van der Waals surface area contributed by atoms with Crippen LogP contribution in [0.3, 0.4) is 0 Å². The number of urea groups is 1. The summed E-state index contributed by atoms with van der Waals surface area (Å²) in [7, 11) is 1.59. The highest BCUT2D eigenvalue weighted by molar-refractivity contribution is 5.74. The molecule has 4 rings (SSSR count). The first-order valence-electron chi connectivity index (χ1n) is 8.78. The van der Waals surface area contributed by atoms with E-state index in [9.17, 15) is 4.79 Å². The molecule has 3 fully saturated rings. The van der Waals surface area contributed by atoms with Gasteiger partial charge in [0.1, 0.15) is 0 Å². The van der Waals surface area contributed by atoms with Crippen LogP contribution in [0.5, 0.6) is 5.88 Å².